The lowest BCUT2D eigenvalue weighted by molar-refractivity contribution is -0.128. The van der Waals surface area contributed by atoms with Crippen LogP contribution < -0.4 is 5.32 Å². The van der Waals surface area contributed by atoms with Gasteiger partial charge in [-0.1, -0.05) is 71.9 Å². The number of amides is 1. The normalized spacial score (nSPS) is 13.8. The van der Waals surface area contributed by atoms with Gasteiger partial charge in [-0.15, -0.1) is 0 Å². The Labute approximate surface area is 130 Å². The van der Waals surface area contributed by atoms with Crippen LogP contribution in [0.25, 0.3) is 0 Å². The molecule has 1 N–H and O–H groups in total. The minimum atomic E-state index is -0.0400. The monoisotopic (exact) mass is 289 g/mol. The molecule has 2 heteroatoms. The van der Waals surface area contributed by atoms with Gasteiger partial charge in [0, 0.05) is 12.5 Å². The third-order valence-electron chi connectivity index (χ3n) is 3.82. The van der Waals surface area contributed by atoms with Crippen molar-refractivity contribution in [1.29, 1.82) is 0 Å². The molecule has 0 saturated carbocycles. The van der Waals surface area contributed by atoms with Gasteiger partial charge in [0.1, 0.15) is 0 Å². The molecule has 1 atom stereocenters. The van der Waals surface area contributed by atoms with Crippen molar-refractivity contribution in [3.8, 4) is 0 Å². The molecule has 118 valence electrons. The molecule has 0 fully saturated rings. The Morgan fingerprint density at radius 3 is 2.10 bits per heavy atom. The quantitative estimate of drug-likeness (QED) is 0.853. The summed E-state index contributed by atoms with van der Waals surface area (Å²) < 4.78 is 0. The maximum Gasteiger partial charge on any atom is 0.223 e. The molecule has 2 nitrogen and oxygen atoms in total. The Bertz CT molecular complexity index is 437. The number of carbonyl (C=O) groups excluding carboxylic acids is 1. The lowest BCUT2D eigenvalue weighted by Crippen LogP contribution is -2.40. The maximum absolute atomic E-state index is 12.6. The van der Waals surface area contributed by atoms with Crippen LogP contribution in [0.3, 0.4) is 0 Å². The molecule has 21 heavy (non-hydrogen) atoms. The minimum absolute atomic E-state index is 0.000122. The lowest BCUT2D eigenvalue weighted by Gasteiger charge is -2.30. The van der Waals surface area contributed by atoms with Gasteiger partial charge in [0.25, 0.3) is 0 Å². The van der Waals surface area contributed by atoms with E-state index in [1.54, 1.807) is 0 Å². The highest BCUT2D eigenvalue weighted by molar-refractivity contribution is 5.79. The van der Waals surface area contributed by atoms with Gasteiger partial charge in [-0.3, -0.25) is 4.79 Å². The predicted molar refractivity (Wildman–Crippen MR) is 90.2 cm³/mol. The summed E-state index contributed by atoms with van der Waals surface area (Å²) in [7, 11) is 0. The van der Waals surface area contributed by atoms with Crippen molar-refractivity contribution in [1.82, 2.24) is 5.32 Å². The third-order valence-corrected chi connectivity index (χ3v) is 3.82. The third kappa shape index (κ3) is 6.79. The second-order valence-corrected chi connectivity index (χ2v) is 8.21. The molecule has 0 spiro atoms. The van der Waals surface area contributed by atoms with Gasteiger partial charge in [-0.25, -0.2) is 0 Å². The van der Waals surface area contributed by atoms with Gasteiger partial charge in [-0.2, -0.15) is 0 Å². The largest absolute Gasteiger partial charge is 0.356 e. The molecular formula is C19H31NO. The summed E-state index contributed by atoms with van der Waals surface area (Å²) in [6.45, 7) is 13.8. The van der Waals surface area contributed by atoms with E-state index in [0.717, 1.165) is 19.4 Å². The molecule has 0 saturated heterocycles. The number of carbonyl (C=O) groups is 1. The van der Waals surface area contributed by atoms with Crippen LogP contribution in [0.15, 0.2) is 30.3 Å². The average molecular weight is 289 g/mol. The van der Waals surface area contributed by atoms with E-state index in [0.29, 0.717) is 0 Å². The summed E-state index contributed by atoms with van der Waals surface area (Å²) in [4.78, 5) is 12.6. The molecule has 1 rings (SSSR count). The molecule has 0 aromatic heterocycles. The van der Waals surface area contributed by atoms with Crippen LogP contribution in [0, 0.1) is 16.7 Å². The fourth-order valence-corrected chi connectivity index (χ4v) is 2.33. The Balaban J connectivity index is 2.68. The molecular weight excluding hydrogens is 258 g/mol. The van der Waals surface area contributed by atoms with Gasteiger partial charge in [0.2, 0.25) is 5.91 Å². The average Bonchev–Trinajstić information content (AvgIpc) is 2.34. The first-order chi connectivity index (χ1) is 9.59. The van der Waals surface area contributed by atoms with Crippen molar-refractivity contribution in [2.24, 2.45) is 16.7 Å². The molecule has 0 unspecified atom stereocenters. The van der Waals surface area contributed by atoms with Crippen molar-refractivity contribution in [2.45, 2.75) is 54.4 Å². The van der Waals surface area contributed by atoms with Crippen molar-refractivity contribution < 1.29 is 4.79 Å². The first-order valence-corrected chi connectivity index (χ1v) is 7.91. The van der Waals surface area contributed by atoms with E-state index < -0.39 is 0 Å². The fourth-order valence-electron chi connectivity index (χ4n) is 2.33. The van der Waals surface area contributed by atoms with Crippen molar-refractivity contribution in [2.75, 3.05) is 6.54 Å². The van der Waals surface area contributed by atoms with Crippen LogP contribution in [-0.4, -0.2) is 12.5 Å². The Kier molecular flexibility index (Phi) is 6.00. The van der Waals surface area contributed by atoms with Crippen LogP contribution in [0.2, 0.25) is 0 Å². The summed E-state index contributed by atoms with van der Waals surface area (Å²) in [6, 6.07) is 10.3. The number of nitrogens with one attached hydrogen (secondary N) is 1. The van der Waals surface area contributed by atoms with Crippen LogP contribution >= 0.6 is 0 Å². The van der Waals surface area contributed by atoms with Crippen LogP contribution in [0.5, 0.6) is 0 Å². The lowest BCUT2D eigenvalue weighted by atomic mass is 9.76. The molecule has 0 aliphatic rings. The molecule has 1 amide bonds. The summed E-state index contributed by atoms with van der Waals surface area (Å²) in [5, 5.41) is 3.13. The first kappa shape index (κ1) is 17.7. The van der Waals surface area contributed by atoms with Crippen molar-refractivity contribution >= 4 is 5.91 Å². The van der Waals surface area contributed by atoms with E-state index in [9.17, 15) is 4.79 Å². The smallest absolute Gasteiger partial charge is 0.223 e. The van der Waals surface area contributed by atoms with E-state index >= 15 is 0 Å². The molecule has 0 aliphatic heterocycles. The van der Waals surface area contributed by atoms with Gasteiger partial charge in [0.05, 0.1) is 0 Å². The van der Waals surface area contributed by atoms with Crippen molar-refractivity contribution in [3.05, 3.63) is 35.9 Å². The Morgan fingerprint density at radius 1 is 1.05 bits per heavy atom. The molecule has 1 aromatic carbocycles. The zero-order valence-electron chi connectivity index (χ0n) is 14.5. The summed E-state index contributed by atoms with van der Waals surface area (Å²) in [5.41, 5.74) is 1.44. The van der Waals surface area contributed by atoms with Crippen LogP contribution in [-0.2, 0) is 11.2 Å². The van der Waals surface area contributed by atoms with E-state index in [1.165, 1.54) is 5.56 Å². The van der Waals surface area contributed by atoms with Gasteiger partial charge in [0.15, 0.2) is 0 Å². The van der Waals surface area contributed by atoms with Crippen LogP contribution in [0.4, 0.5) is 0 Å². The second kappa shape index (κ2) is 7.11. The van der Waals surface area contributed by atoms with Gasteiger partial charge < -0.3 is 5.32 Å². The second-order valence-electron chi connectivity index (χ2n) is 8.21. The standard InChI is InChI=1S/C19H31NO/c1-18(2,3)12-13-20-17(21)16(19(4,5)6)14-15-10-8-7-9-11-15/h7-11,16H,12-14H2,1-6H3,(H,20,21)/t16-/m0/s1. The minimum Gasteiger partial charge on any atom is -0.356 e. The van der Waals surface area contributed by atoms with E-state index in [2.05, 4.69) is 59.0 Å². The molecule has 0 bridgehead atoms. The van der Waals surface area contributed by atoms with E-state index in [-0.39, 0.29) is 22.7 Å². The zero-order chi connectivity index (χ0) is 16.1. The molecule has 0 aliphatic carbocycles. The van der Waals surface area contributed by atoms with Crippen LogP contribution in [0.1, 0.15) is 53.5 Å². The predicted octanol–water partition coefficient (Wildman–Crippen LogP) is 4.44. The summed E-state index contributed by atoms with van der Waals surface area (Å²) >= 11 is 0. The molecule has 1 aromatic rings. The fraction of sp³-hybridized carbons (Fsp3) is 0.632. The summed E-state index contributed by atoms with van der Waals surface area (Å²) in [6.07, 6.45) is 1.80. The highest BCUT2D eigenvalue weighted by Crippen LogP contribution is 2.29. The van der Waals surface area contributed by atoms with Crippen molar-refractivity contribution in [3.63, 3.8) is 0 Å². The topological polar surface area (TPSA) is 29.1 Å². The summed E-state index contributed by atoms with van der Waals surface area (Å²) in [5.74, 6) is 0.176. The number of hydrogen-bond donors (Lipinski definition) is 1. The highest BCUT2D eigenvalue weighted by Gasteiger charge is 2.31. The molecule has 0 radical (unpaired) electrons. The number of hydrogen-bond acceptors (Lipinski definition) is 1. The van der Waals surface area contributed by atoms with Gasteiger partial charge >= 0.3 is 0 Å². The van der Waals surface area contributed by atoms with E-state index in [1.807, 2.05) is 18.2 Å². The van der Waals surface area contributed by atoms with E-state index in [4.69, 9.17) is 0 Å². The Morgan fingerprint density at radius 2 is 1.62 bits per heavy atom. The SMILES string of the molecule is CC(C)(C)CCNC(=O)[C@H](Cc1ccccc1)C(C)(C)C. The highest BCUT2D eigenvalue weighted by atomic mass is 16.1. The first-order valence-electron chi connectivity index (χ1n) is 7.91. The number of benzene rings is 1. The van der Waals surface area contributed by atoms with Gasteiger partial charge in [-0.05, 0) is 29.2 Å². The number of rotatable bonds is 5. The Hall–Kier alpha value is -1.31. The molecule has 0 heterocycles. The zero-order valence-corrected chi connectivity index (χ0v) is 14.5. The maximum atomic E-state index is 12.6.